The van der Waals surface area contributed by atoms with E-state index in [0.717, 1.165) is 23.3 Å². The number of esters is 1. The van der Waals surface area contributed by atoms with Gasteiger partial charge in [-0.3, -0.25) is 14.6 Å². The quantitative estimate of drug-likeness (QED) is 0.164. The third kappa shape index (κ3) is 8.19. The van der Waals surface area contributed by atoms with E-state index in [9.17, 15) is 22.8 Å². The van der Waals surface area contributed by atoms with Gasteiger partial charge in [0.15, 0.2) is 0 Å². The first kappa shape index (κ1) is 34.6. The summed E-state index contributed by atoms with van der Waals surface area (Å²) in [5, 5.41) is 2.59. The minimum absolute atomic E-state index is 0.0563. The van der Waals surface area contributed by atoms with Gasteiger partial charge in [-0.2, -0.15) is 0 Å². The van der Waals surface area contributed by atoms with Gasteiger partial charge in [0, 0.05) is 19.8 Å². The van der Waals surface area contributed by atoms with Crippen molar-refractivity contribution in [3.63, 3.8) is 0 Å². The second kappa shape index (κ2) is 13.0. The molecular weight excluding hydrogens is 586 g/mol. The Hall–Kier alpha value is -3.87. The van der Waals surface area contributed by atoms with Gasteiger partial charge in [0.2, 0.25) is 5.96 Å². The number of carbonyl (C=O) groups excluding carboxylic acids is 2. The Balaban J connectivity index is 1.73. The van der Waals surface area contributed by atoms with Gasteiger partial charge in [0.05, 0.1) is 4.90 Å². The SMILES string of the molecule is Cc1c(C)c(S(=O)(=O)NC(N)=NCCC[C@H](NC(=O)c2cccn(C)c2=O)C(=O)OC(C)(C)C)c(C)c2c1OC(C)(C)CC2. The van der Waals surface area contributed by atoms with Crippen LogP contribution in [0.2, 0.25) is 0 Å². The average Bonchev–Trinajstić information content (AvgIpc) is 2.88. The van der Waals surface area contributed by atoms with E-state index >= 15 is 0 Å². The predicted octanol–water partition coefficient (Wildman–Crippen LogP) is 2.93. The third-order valence-corrected chi connectivity index (χ3v) is 9.10. The number of benzene rings is 1. The molecule has 242 valence electrons. The second-order valence-electron chi connectivity index (χ2n) is 12.8. The molecule has 1 atom stereocenters. The number of aromatic nitrogens is 1. The summed E-state index contributed by atoms with van der Waals surface area (Å²) in [5.74, 6) is -0.950. The fourth-order valence-corrected chi connectivity index (χ4v) is 6.62. The first-order chi connectivity index (χ1) is 20.2. The summed E-state index contributed by atoms with van der Waals surface area (Å²) < 4.78 is 42.3. The van der Waals surface area contributed by atoms with Crippen molar-refractivity contribution in [3.05, 3.63) is 56.5 Å². The first-order valence-corrected chi connectivity index (χ1v) is 16.1. The first-order valence-electron chi connectivity index (χ1n) is 14.6. The monoisotopic (exact) mass is 631 g/mol. The zero-order valence-electron chi connectivity index (χ0n) is 27.1. The molecule has 13 heteroatoms. The van der Waals surface area contributed by atoms with Gasteiger partial charge in [-0.15, -0.1) is 0 Å². The summed E-state index contributed by atoms with van der Waals surface area (Å²) in [5.41, 5.74) is 7.05. The van der Waals surface area contributed by atoms with Crippen molar-refractivity contribution in [2.75, 3.05) is 6.54 Å². The summed E-state index contributed by atoms with van der Waals surface area (Å²) in [4.78, 5) is 42.5. The van der Waals surface area contributed by atoms with Crippen molar-refractivity contribution < 1.29 is 27.5 Å². The minimum Gasteiger partial charge on any atom is -0.487 e. The fourth-order valence-electron chi connectivity index (χ4n) is 5.10. The molecule has 0 saturated heterocycles. The molecule has 1 aliphatic heterocycles. The molecule has 1 aromatic heterocycles. The molecule has 2 aromatic rings. The largest absolute Gasteiger partial charge is 0.487 e. The zero-order chi connectivity index (χ0) is 33.2. The number of hydrogen-bond acceptors (Lipinski definition) is 8. The van der Waals surface area contributed by atoms with E-state index < -0.39 is 39.1 Å². The molecule has 1 aromatic carbocycles. The van der Waals surface area contributed by atoms with Crippen LogP contribution in [0.15, 0.2) is 33.0 Å². The summed E-state index contributed by atoms with van der Waals surface area (Å²) in [6.45, 7) is 14.6. The van der Waals surface area contributed by atoms with E-state index in [4.69, 9.17) is 15.2 Å². The molecule has 0 saturated carbocycles. The van der Waals surface area contributed by atoms with Crippen LogP contribution in [0.25, 0.3) is 0 Å². The minimum atomic E-state index is -4.07. The third-order valence-electron chi connectivity index (χ3n) is 7.47. The molecule has 0 radical (unpaired) electrons. The number of pyridine rings is 1. The normalized spacial score (nSPS) is 15.5. The Labute approximate surface area is 259 Å². The number of nitrogens with zero attached hydrogens (tertiary/aromatic N) is 2. The molecule has 12 nitrogen and oxygen atoms in total. The van der Waals surface area contributed by atoms with Crippen LogP contribution < -0.4 is 26.1 Å². The van der Waals surface area contributed by atoms with Crippen molar-refractivity contribution in [1.82, 2.24) is 14.6 Å². The van der Waals surface area contributed by atoms with Crippen LogP contribution in [-0.4, -0.2) is 54.6 Å². The molecule has 0 bridgehead atoms. The zero-order valence-corrected chi connectivity index (χ0v) is 27.9. The van der Waals surface area contributed by atoms with Gasteiger partial charge in [-0.05, 0) is 115 Å². The van der Waals surface area contributed by atoms with Gasteiger partial charge in [0.1, 0.15) is 28.6 Å². The predicted molar refractivity (Wildman–Crippen MR) is 169 cm³/mol. The number of carbonyl (C=O) groups is 2. The molecule has 0 spiro atoms. The van der Waals surface area contributed by atoms with Crippen molar-refractivity contribution in [2.45, 2.75) is 103 Å². The molecule has 44 heavy (non-hydrogen) atoms. The molecule has 0 fully saturated rings. The van der Waals surface area contributed by atoms with Crippen molar-refractivity contribution >= 4 is 27.9 Å². The maximum Gasteiger partial charge on any atom is 0.329 e. The smallest absolute Gasteiger partial charge is 0.329 e. The molecule has 2 heterocycles. The number of aryl methyl sites for hydroxylation is 1. The number of hydrogen-bond donors (Lipinski definition) is 3. The lowest BCUT2D eigenvalue weighted by atomic mass is 9.88. The van der Waals surface area contributed by atoms with E-state index in [-0.39, 0.29) is 41.4 Å². The molecule has 0 aliphatic carbocycles. The number of guanidine groups is 1. The highest BCUT2D eigenvalue weighted by Gasteiger charge is 2.34. The van der Waals surface area contributed by atoms with E-state index in [1.54, 1.807) is 40.7 Å². The van der Waals surface area contributed by atoms with Gasteiger partial charge in [-0.25, -0.2) is 17.9 Å². The number of sulfonamides is 1. The van der Waals surface area contributed by atoms with Crippen LogP contribution in [0.1, 0.15) is 86.5 Å². The molecule has 0 unspecified atom stereocenters. The second-order valence-corrected chi connectivity index (χ2v) is 14.4. The number of nitrogens with one attached hydrogen (secondary N) is 2. The van der Waals surface area contributed by atoms with Crippen LogP contribution in [-0.2, 0) is 33.0 Å². The van der Waals surface area contributed by atoms with E-state index in [1.807, 2.05) is 20.8 Å². The van der Waals surface area contributed by atoms with Crippen molar-refractivity contribution in [1.29, 1.82) is 0 Å². The number of nitrogens with two attached hydrogens (primary N) is 1. The lowest BCUT2D eigenvalue weighted by Crippen LogP contribution is -2.45. The number of fused-ring (bicyclic) bond motifs is 1. The summed E-state index contributed by atoms with van der Waals surface area (Å²) in [6.07, 6.45) is 3.33. The van der Waals surface area contributed by atoms with Gasteiger partial charge < -0.3 is 25.1 Å². The molecule has 4 N–H and O–H groups in total. The lowest BCUT2D eigenvalue weighted by molar-refractivity contribution is -0.157. The summed E-state index contributed by atoms with van der Waals surface area (Å²) in [7, 11) is -2.55. The topological polar surface area (TPSA) is 171 Å². The maximum absolute atomic E-state index is 13.5. The van der Waals surface area contributed by atoms with Gasteiger partial charge in [0.25, 0.3) is 21.5 Å². The number of rotatable bonds is 9. The Morgan fingerprint density at radius 3 is 2.48 bits per heavy atom. The fraction of sp³-hybridized carbons (Fsp3) is 0.548. The van der Waals surface area contributed by atoms with E-state index in [2.05, 4.69) is 15.0 Å². The summed E-state index contributed by atoms with van der Waals surface area (Å²) in [6, 6.07) is 1.86. The number of aliphatic imine (C=N–C) groups is 1. The van der Waals surface area contributed by atoms with Crippen LogP contribution in [0, 0.1) is 20.8 Å². The van der Waals surface area contributed by atoms with Crippen LogP contribution in [0.5, 0.6) is 5.75 Å². The van der Waals surface area contributed by atoms with Crippen LogP contribution in [0.3, 0.4) is 0 Å². The highest BCUT2D eigenvalue weighted by atomic mass is 32.2. The lowest BCUT2D eigenvalue weighted by Gasteiger charge is -2.35. The highest BCUT2D eigenvalue weighted by molar-refractivity contribution is 7.90. The van der Waals surface area contributed by atoms with Crippen molar-refractivity contribution in [3.8, 4) is 5.75 Å². The highest BCUT2D eigenvalue weighted by Crippen LogP contribution is 2.42. The van der Waals surface area contributed by atoms with Gasteiger partial charge in [-0.1, -0.05) is 0 Å². The number of amides is 1. The van der Waals surface area contributed by atoms with Crippen LogP contribution in [0.4, 0.5) is 0 Å². The van der Waals surface area contributed by atoms with Gasteiger partial charge >= 0.3 is 5.97 Å². The molecular formula is C31H45N5O7S. The van der Waals surface area contributed by atoms with E-state index in [0.29, 0.717) is 17.5 Å². The Morgan fingerprint density at radius 1 is 1.18 bits per heavy atom. The van der Waals surface area contributed by atoms with E-state index in [1.165, 1.54) is 23.9 Å². The van der Waals surface area contributed by atoms with Crippen LogP contribution >= 0.6 is 0 Å². The molecule has 1 aliphatic rings. The summed E-state index contributed by atoms with van der Waals surface area (Å²) >= 11 is 0. The number of ether oxygens (including phenoxy) is 2. The Morgan fingerprint density at radius 2 is 1.84 bits per heavy atom. The maximum atomic E-state index is 13.5. The molecule has 1 amide bonds. The average molecular weight is 632 g/mol. The Bertz CT molecular complexity index is 1640. The Kier molecular flexibility index (Phi) is 10.2. The van der Waals surface area contributed by atoms with Crippen molar-refractivity contribution in [2.24, 2.45) is 17.8 Å². The standard InChI is InChI=1S/C31H45N5O7S/c1-18-19(2)25(20(3)21-14-15-31(7,8)42-24(18)21)44(40,41)35-29(32)33-16-10-13-23(28(39)43-30(4,5)6)34-26(37)22-12-11-17-36(9)27(22)38/h11-12,17,23H,10,13-16H2,1-9H3,(H,34,37)(H3,32,33,35)/t23-/m0/s1. The molecule has 3 rings (SSSR count).